The number of aromatic hydroxyl groups is 1. The van der Waals surface area contributed by atoms with Crippen molar-refractivity contribution in [2.45, 2.75) is 31.5 Å². The van der Waals surface area contributed by atoms with Crippen LogP contribution in [0.5, 0.6) is 5.75 Å². The van der Waals surface area contributed by atoms with Crippen LogP contribution >= 0.6 is 0 Å². The smallest absolute Gasteiger partial charge is 0.174 e. The number of benzene rings is 1. The molecular formula is C19H20O5. The number of ketones is 2. The quantitative estimate of drug-likeness (QED) is 0.772. The molecule has 0 bridgehead atoms. The summed E-state index contributed by atoms with van der Waals surface area (Å²) >= 11 is 0. The van der Waals surface area contributed by atoms with Crippen molar-refractivity contribution in [1.82, 2.24) is 0 Å². The zero-order valence-electron chi connectivity index (χ0n) is 13.4. The predicted molar refractivity (Wildman–Crippen MR) is 86.0 cm³/mol. The van der Waals surface area contributed by atoms with Gasteiger partial charge in [-0.25, -0.2) is 0 Å². The maximum atomic E-state index is 13.2. The van der Waals surface area contributed by atoms with Crippen molar-refractivity contribution in [2.24, 2.45) is 17.8 Å². The third kappa shape index (κ3) is 2.01. The number of phenolic OH excluding ortho intramolecular Hbond substituents is 1. The van der Waals surface area contributed by atoms with E-state index >= 15 is 0 Å². The number of methoxy groups -OCH3 is 1. The molecule has 1 saturated carbocycles. The highest BCUT2D eigenvalue weighted by molar-refractivity contribution is 6.18. The maximum Gasteiger partial charge on any atom is 0.174 e. The Hall–Kier alpha value is -1.98. The summed E-state index contributed by atoms with van der Waals surface area (Å²) in [7, 11) is 1.52. The lowest BCUT2D eigenvalue weighted by Gasteiger charge is -2.46. The molecule has 24 heavy (non-hydrogen) atoms. The highest BCUT2D eigenvalue weighted by Crippen LogP contribution is 2.49. The molecule has 0 unspecified atom stereocenters. The van der Waals surface area contributed by atoms with E-state index in [4.69, 9.17) is 4.74 Å². The molecule has 1 aromatic rings. The van der Waals surface area contributed by atoms with Crippen LogP contribution in [0.15, 0.2) is 29.8 Å². The van der Waals surface area contributed by atoms with Gasteiger partial charge in [-0.15, -0.1) is 0 Å². The molecule has 4 rings (SSSR count). The zero-order chi connectivity index (χ0) is 17.0. The maximum absolute atomic E-state index is 13.2. The molecule has 0 radical (unpaired) electrons. The summed E-state index contributed by atoms with van der Waals surface area (Å²) in [6.07, 6.45) is 3.11. The minimum absolute atomic E-state index is 0.0907. The Labute approximate surface area is 139 Å². The van der Waals surface area contributed by atoms with Gasteiger partial charge in [0.1, 0.15) is 5.75 Å². The normalized spacial score (nSPS) is 34.9. The Morgan fingerprint density at radius 3 is 2.67 bits per heavy atom. The van der Waals surface area contributed by atoms with Crippen LogP contribution in [0.25, 0.3) is 0 Å². The van der Waals surface area contributed by atoms with Gasteiger partial charge in [0.05, 0.1) is 23.7 Å². The van der Waals surface area contributed by atoms with E-state index in [0.29, 0.717) is 6.42 Å². The fourth-order valence-corrected chi connectivity index (χ4v) is 4.72. The highest BCUT2D eigenvalue weighted by atomic mass is 16.5. The monoisotopic (exact) mass is 328 g/mol. The number of phenols is 1. The number of rotatable bonds is 1. The molecule has 5 nitrogen and oxygen atoms in total. The molecule has 126 valence electrons. The Bertz CT molecular complexity index is 750. The Morgan fingerprint density at radius 2 is 1.92 bits per heavy atom. The van der Waals surface area contributed by atoms with E-state index < -0.39 is 24.0 Å². The summed E-state index contributed by atoms with van der Waals surface area (Å²) < 4.78 is 5.51. The van der Waals surface area contributed by atoms with Crippen LogP contribution in [-0.4, -0.2) is 41.1 Å². The van der Waals surface area contributed by atoms with E-state index in [-0.39, 0.29) is 34.4 Å². The highest BCUT2D eigenvalue weighted by Gasteiger charge is 2.54. The largest absolute Gasteiger partial charge is 0.507 e. The fourth-order valence-electron chi connectivity index (χ4n) is 4.72. The van der Waals surface area contributed by atoms with E-state index in [1.54, 1.807) is 12.1 Å². The SMILES string of the molecule is CO[C@H]1C=C2CCC[C@H](O)[C@H]2[C@H]2C(=O)c3cccc(O)c3C(=O)[C@H]21. The molecule has 1 fully saturated rings. The summed E-state index contributed by atoms with van der Waals surface area (Å²) in [5.41, 5.74) is 1.37. The predicted octanol–water partition coefficient (Wildman–Crippen LogP) is 2.12. The second-order valence-electron chi connectivity index (χ2n) is 6.91. The number of hydrogen-bond acceptors (Lipinski definition) is 5. The summed E-state index contributed by atoms with van der Waals surface area (Å²) in [6, 6.07) is 4.58. The van der Waals surface area contributed by atoms with E-state index in [2.05, 4.69) is 0 Å². The van der Waals surface area contributed by atoms with Gasteiger partial charge >= 0.3 is 0 Å². The van der Waals surface area contributed by atoms with Crippen LogP contribution in [-0.2, 0) is 4.74 Å². The molecule has 3 aliphatic carbocycles. The lowest BCUT2D eigenvalue weighted by atomic mass is 9.58. The second kappa shape index (κ2) is 5.53. The van der Waals surface area contributed by atoms with Gasteiger partial charge in [0.2, 0.25) is 0 Å². The standard InChI is InChI=1S/C19H20O5/c1-24-13-8-9-4-2-6-11(20)14(9)17-16(13)19(23)15-10(18(17)22)5-3-7-12(15)21/h3,5,7-8,11,13-14,16-17,20-21H,2,4,6H2,1H3/t11-,13-,14-,16-,17+/m0/s1. The van der Waals surface area contributed by atoms with Crippen molar-refractivity contribution in [3.63, 3.8) is 0 Å². The van der Waals surface area contributed by atoms with Gasteiger partial charge in [-0.1, -0.05) is 23.8 Å². The van der Waals surface area contributed by atoms with Crippen molar-refractivity contribution in [2.75, 3.05) is 7.11 Å². The van der Waals surface area contributed by atoms with Crippen molar-refractivity contribution in [1.29, 1.82) is 0 Å². The van der Waals surface area contributed by atoms with Crippen LogP contribution in [0.2, 0.25) is 0 Å². The number of ether oxygens (including phenoxy) is 1. The van der Waals surface area contributed by atoms with Crippen LogP contribution in [0.3, 0.4) is 0 Å². The number of Topliss-reactive ketones (excluding diaryl/α,β-unsaturated/α-hetero) is 2. The molecule has 0 saturated heterocycles. The first kappa shape index (κ1) is 15.5. The van der Waals surface area contributed by atoms with Crippen LogP contribution in [0.1, 0.15) is 40.0 Å². The molecule has 0 aliphatic heterocycles. The lowest BCUT2D eigenvalue weighted by Crippen LogP contribution is -2.53. The van der Waals surface area contributed by atoms with Crippen molar-refractivity contribution in [3.05, 3.63) is 41.0 Å². The molecule has 5 atom stereocenters. The van der Waals surface area contributed by atoms with Crippen molar-refractivity contribution >= 4 is 11.6 Å². The molecule has 5 heteroatoms. The fraction of sp³-hybridized carbons (Fsp3) is 0.474. The first-order valence-electron chi connectivity index (χ1n) is 8.36. The van der Waals surface area contributed by atoms with Gasteiger partial charge in [0.25, 0.3) is 0 Å². The number of aliphatic hydroxyl groups excluding tert-OH is 1. The molecule has 3 aliphatic rings. The number of carbonyl (C=O) groups is 2. The van der Waals surface area contributed by atoms with E-state index in [9.17, 15) is 19.8 Å². The third-order valence-electron chi connectivity index (χ3n) is 5.75. The molecule has 0 aromatic heterocycles. The summed E-state index contributed by atoms with van der Waals surface area (Å²) in [5, 5.41) is 20.6. The molecule has 1 aromatic carbocycles. The second-order valence-corrected chi connectivity index (χ2v) is 6.91. The third-order valence-corrected chi connectivity index (χ3v) is 5.75. The summed E-state index contributed by atoms with van der Waals surface area (Å²) in [4.78, 5) is 26.2. The number of aliphatic hydroxyl groups is 1. The van der Waals surface area contributed by atoms with Gasteiger partial charge in [0.15, 0.2) is 11.6 Å². The Kier molecular flexibility index (Phi) is 3.58. The molecule has 0 amide bonds. The number of carbonyl (C=O) groups excluding carboxylic acids is 2. The topological polar surface area (TPSA) is 83.8 Å². The first-order valence-corrected chi connectivity index (χ1v) is 8.36. The average molecular weight is 328 g/mol. The molecule has 0 spiro atoms. The molecule has 0 heterocycles. The van der Waals surface area contributed by atoms with Gasteiger partial charge < -0.3 is 14.9 Å². The van der Waals surface area contributed by atoms with Gasteiger partial charge in [-0.05, 0) is 25.3 Å². The average Bonchev–Trinajstić information content (AvgIpc) is 2.58. The minimum atomic E-state index is -0.690. The minimum Gasteiger partial charge on any atom is -0.507 e. The summed E-state index contributed by atoms with van der Waals surface area (Å²) in [5.74, 6) is -2.26. The van der Waals surface area contributed by atoms with E-state index in [1.807, 2.05) is 6.08 Å². The van der Waals surface area contributed by atoms with Crippen LogP contribution in [0.4, 0.5) is 0 Å². The van der Waals surface area contributed by atoms with Gasteiger partial charge in [0, 0.05) is 24.5 Å². The number of fused-ring (bicyclic) bond motifs is 4. The van der Waals surface area contributed by atoms with Gasteiger partial charge in [-0.2, -0.15) is 0 Å². The molecular weight excluding hydrogens is 308 g/mol. The Balaban J connectivity index is 1.91. The lowest BCUT2D eigenvalue weighted by molar-refractivity contribution is -0.00313. The van der Waals surface area contributed by atoms with E-state index in [1.165, 1.54) is 13.2 Å². The van der Waals surface area contributed by atoms with E-state index in [0.717, 1.165) is 18.4 Å². The number of hydrogen-bond donors (Lipinski definition) is 2. The first-order chi connectivity index (χ1) is 11.5. The Morgan fingerprint density at radius 1 is 1.12 bits per heavy atom. The van der Waals surface area contributed by atoms with Crippen molar-refractivity contribution in [3.8, 4) is 5.75 Å². The summed E-state index contributed by atoms with van der Waals surface area (Å²) in [6.45, 7) is 0. The van der Waals surface area contributed by atoms with Gasteiger partial charge in [-0.3, -0.25) is 9.59 Å². The van der Waals surface area contributed by atoms with Crippen LogP contribution < -0.4 is 0 Å². The molecule has 2 N–H and O–H groups in total. The van der Waals surface area contributed by atoms with Crippen molar-refractivity contribution < 1.29 is 24.5 Å². The van der Waals surface area contributed by atoms with Crippen LogP contribution in [0, 0.1) is 17.8 Å². The zero-order valence-corrected chi connectivity index (χ0v) is 13.4.